The zero-order valence-corrected chi connectivity index (χ0v) is 18.0. The number of thiophene rings is 1. The summed E-state index contributed by atoms with van der Waals surface area (Å²) in [5, 5.41) is 0. The van der Waals surface area contributed by atoms with Crippen molar-refractivity contribution in [2.24, 2.45) is 0 Å². The molecular formula is C16H26BrF3OSSi. The van der Waals surface area contributed by atoms with Crippen molar-refractivity contribution in [3.05, 3.63) is 20.3 Å². The number of hydrogen-bond donors (Lipinski definition) is 0. The average molecular weight is 431 g/mol. The Kier molecular flexibility index (Phi) is 7.39. The quantitative estimate of drug-likeness (QED) is 0.413. The Morgan fingerprint density at radius 1 is 1.09 bits per heavy atom. The molecule has 0 N–H and O–H groups in total. The lowest BCUT2D eigenvalue weighted by atomic mass is 10.3. The van der Waals surface area contributed by atoms with Gasteiger partial charge >= 0.3 is 6.18 Å². The molecule has 1 nitrogen and oxygen atoms in total. The van der Waals surface area contributed by atoms with Crippen molar-refractivity contribution in [2.75, 3.05) is 6.61 Å². The molecule has 0 aliphatic heterocycles. The Morgan fingerprint density at radius 2 is 1.57 bits per heavy atom. The summed E-state index contributed by atoms with van der Waals surface area (Å²) >= 11 is 4.17. The number of rotatable bonds is 7. The third-order valence-electron chi connectivity index (χ3n) is 4.45. The van der Waals surface area contributed by atoms with Gasteiger partial charge in [0.1, 0.15) is 0 Å². The van der Waals surface area contributed by atoms with Crippen LogP contribution in [0.5, 0.6) is 0 Å². The van der Waals surface area contributed by atoms with Crippen LogP contribution < -0.4 is 0 Å². The van der Waals surface area contributed by atoms with Crippen molar-refractivity contribution in [3.63, 3.8) is 0 Å². The molecule has 1 rings (SSSR count). The van der Waals surface area contributed by atoms with Gasteiger partial charge in [0.15, 0.2) is 8.32 Å². The molecule has 0 radical (unpaired) electrons. The van der Waals surface area contributed by atoms with E-state index in [-0.39, 0.29) is 3.79 Å². The molecule has 23 heavy (non-hydrogen) atoms. The van der Waals surface area contributed by atoms with E-state index in [9.17, 15) is 13.2 Å². The Bertz CT molecular complexity index is 490. The van der Waals surface area contributed by atoms with Crippen LogP contribution in [0.2, 0.25) is 16.6 Å². The van der Waals surface area contributed by atoms with Crippen LogP contribution in [0.4, 0.5) is 13.2 Å². The molecule has 1 aromatic rings. The lowest BCUT2D eigenvalue weighted by molar-refractivity contribution is -0.137. The van der Waals surface area contributed by atoms with Crippen LogP contribution in [0.1, 0.15) is 52.0 Å². The van der Waals surface area contributed by atoms with Gasteiger partial charge in [-0.1, -0.05) is 41.5 Å². The monoisotopic (exact) mass is 430 g/mol. The lowest BCUT2D eigenvalue weighted by Crippen LogP contribution is -2.48. The van der Waals surface area contributed by atoms with Gasteiger partial charge in [-0.2, -0.15) is 13.2 Å². The van der Waals surface area contributed by atoms with E-state index in [2.05, 4.69) is 57.5 Å². The van der Waals surface area contributed by atoms with E-state index in [1.807, 2.05) is 0 Å². The van der Waals surface area contributed by atoms with Gasteiger partial charge < -0.3 is 4.43 Å². The summed E-state index contributed by atoms with van der Waals surface area (Å²) in [7, 11) is -1.95. The number of hydrogen-bond acceptors (Lipinski definition) is 2. The fourth-order valence-corrected chi connectivity index (χ4v) is 10.9. The van der Waals surface area contributed by atoms with Gasteiger partial charge in [-0.25, -0.2) is 0 Å². The Morgan fingerprint density at radius 3 is 1.91 bits per heavy atom. The topological polar surface area (TPSA) is 9.23 Å². The van der Waals surface area contributed by atoms with Gasteiger partial charge in [-0.3, -0.25) is 0 Å². The molecule has 1 heterocycles. The maximum Gasteiger partial charge on any atom is 0.418 e. The Balaban J connectivity index is 2.82. The first-order valence-electron chi connectivity index (χ1n) is 7.92. The highest BCUT2D eigenvalue weighted by Gasteiger charge is 2.44. The number of halogens is 4. The van der Waals surface area contributed by atoms with Crippen molar-refractivity contribution in [3.8, 4) is 0 Å². The molecule has 1 aromatic heterocycles. The first-order chi connectivity index (χ1) is 10.4. The number of alkyl halides is 3. The normalized spacial score (nSPS) is 13.6. The van der Waals surface area contributed by atoms with E-state index < -0.39 is 20.1 Å². The minimum absolute atomic E-state index is 0.153. The van der Waals surface area contributed by atoms with E-state index in [1.165, 1.54) is 6.07 Å². The van der Waals surface area contributed by atoms with Crippen molar-refractivity contribution < 1.29 is 17.6 Å². The predicted octanol–water partition coefficient (Wildman–Crippen LogP) is 7.26. The minimum Gasteiger partial charge on any atom is -0.416 e. The first kappa shape index (κ1) is 21.2. The molecule has 0 saturated carbocycles. The van der Waals surface area contributed by atoms with E-state index in [0.29, 0.717) is 34.5 Å². The average Bonchev–Trinajstić information content (AvgIpc) is 2.74. The SMILES string of the molecule is CC(C)[Si](OCCc1cc(C(F)(F)F)c(Br)s1)(C(C)C)C(C)C. The molecule has 0 saturated heterocycles. The van der Waals surface area contributed by atoms with E-state index in [0.717, 1.165) is 11.3 Å². The van der Waals surface area contributed by atoms with Crippen molar-refractivity contribution in [1.29, 1.82) is 0 Å². The van der Waals surface area contributed by atoms with Crippen LogP contribution in [-0.2, 0) is 17.0 Å². The van der Waals surface area contributed by atoms with Crippen molar-refractivity contribution >= 4 is 35.6 Å². The van der Waals surface area contributed by atoms with E-state index in [4.69, 9.17) is 4.43 Å². The zero-order valence-electron chi connectivity index (χ0n) is 14.6. The van der Waals surface area contributed by atoms with Gasteiger partial charge in [0.2, 0.25) is 0 Å². The third-order valence-corrected chi connectivity index (χ3v) is 12.5. The summed E-state index contributed by atoms with van der Waals surface area (Å²) < 4.78 is 45.1. The molecule has 134 valence electrons. The summed E-state index contributed by atoms with van der Waals surface area (Å²) in [6.07, 6.45) is -3.78. The molecule has 0 bridgehead atoms. The minimum atomic E-state index is -4.30. The van der Waals surface area contributed by atoms with Crippen molar-refractivity contribution in [1.82, 2.24) is 0 Å². The zero-order chi connectivity index (χ0) is 18.0. The van der Waals surface area contributed by atoms with Crippen LogP contribution in [0.15, 0.2) is 9.85 Å². The second kappa shape index (κ2) is 8.02. The van der Waals surface area contributed by atoms with Crippen molar-refractivity contribution in [2.45, 2.75) is 70.8 Å². The Labute approximate surface area is 150 Å². The maximum absolute atomic E-state index is 12.8. The standard InChI is InChI=1S/C16H26BrF3OSSi/c1-10(2)23(11(3)4,12(5)6)21-8-7-13-9-14(15(17)22-13)16(18,19)20/h9-12H,7-8H2,1-6H3. The molecule has 0 spiro atoms. The summed E-state index contributed by atoms with van der Waals surface area (Å²) in [6.45, 7) is 13.7. The van der Waals surface area contributed by atoms with Gasteiger partial charge in [-0.15, -0.1) is 11.3 Å². The molecule has 0 aromatic carbocycles. The van der Waals surface area contributed by atoms with Gasteiger partial charge in [0.05, 0.1) is 9.35 Å². The van der Waals surface area contributed by atoms with Crippen LogP contribution >= 0.6 is 27.3 Å². The van der Waals surface area contributed by atoms with Crippen LogP contribution in [0.3, 0.4) is 0 Å². The second-order valence-electron chi connectivity index (χ2n) is 6.81. The Hall–Kier alpha value is 0.147. The molecule has 0 aliphatic carbocycles. The molecule has 0 aliphatic rings. The largest absolute Gasteiger partial charge is 0.418 e. The predicted molar refractivity (Wildman–Crippen MR) is 97.7 cm³/mol. The molecular weight excluding hydrogens is 405 g/mol. The van der Waals surface area contributed by atoms with Crippen LogP contribution in [0, 0.1) is 0 Å². The fourth-order valence-electron chi connectivity index (χ4n) is 3.56. The van der Waals surface area contributed by atoms with E-state index >= 15 is 0 Å². The highest BCUT2D eigenvalue weighted by atomic mass is 79.9. The molecule has 0 unspecified atom stereocenters. The van der Waals surface area contributed by atoms with E-state index in [1.54, 1.807) is 0 Å². The lowest BCUT2D eigenvalue weighted by Gasteiger charge is -2.42. The highest BCUT2D eigenvalue weighted by Crippen LogP contribution is 2.43. The summed E-state index contributed by atoms with van der Waals surface area (Å²) in [5.41, 5.74) is 0.840. The summed E-state index contributed by atoms with van der Waals surface area (Å²) in [4.78, 5) is 0.711. The molecule has 7 heteroatoms. The van der Waals surface area contributed by atoms with Gasteiger partial charge in [0, 0.05) is 17.9 Å². The van der Waals surface area contributed by atoms with Gasteiger partial charge in [-0.05, 0) is 38.6 Å². The second-order valence-corrected chi connectivity index (χ2v) is 14.7. The molecule has 0 amide bonds. The fraction of sp³-hybridized carbons (Fsp3) is 0.750. The summed E-state index contributed by atoms with van der Waals surface area (Å²) in [6, 6.07) is 1.24. The van der Waals surface area contributed by atoms with Crippen LogP contribution in [-0.4, -0.2) is 14.9 Å². The highest BCUT2D eigenvalue weighted by molar-refractivity contribution is 9.11. The molecule has 0 atom stereocenters. The summed E-state index contributed by atoms with van der Waals surface area (Å²) in [5.74, 6) is 0. The van der Waals surface area contributed by atoms with Crippen LogP contribution in [0.25, 0.3) is 0 Å². The van der Waals surface area contributed by atoms with Gasteiger partial charge in [0.25, 0.3) is 0 Å². The first-order valence-corrected chi connectivity index (χ1v) is 11.7. The molecule has 0 fully saturated rings. The third kappa shape index (κ3) is 4.83. The maximum atomic E-state index is 12.8. The smallest absolute Gasteiger partial charge is 0.416 e.